The number of hydrogen-bond donors (Lipinski definition) is 5. The van der Waals surface area contributed by atoms with Crippen LogP contribution in [-0.4, -0.2) is 71.9 Å². The van der Waals surface area contributed by atoms with Crippen molar-refractivity contribution < 1.29 is 14.3 Å². The first-order chi connectivity index (χ1) is 18.2. The molecule has 0 bridgehead atoms. The summed E-state index contributed by atoms with van der Waals surface area (Å²) < 4.78 is 10.7. The minimum Gasteiger partial charge on any atom is -0.378 e. The van der Waals surface area contributed by atoms with Crippen molar-refractivity contribution in [1.29, 1.82) is 0 Å². The standard InChI is InChI=1S/C25H33N9O3/c1-2-10-29-23-32-24(30-18-21-7-3-4-11-27-21)34-25(33-23)31-20-8-5-6-19(17-20)22(35)28-12-14-37-16-15-36-13-9-26/h2-8,11,17H,1,9-10,12-16,18,26H2,(H,28,35)(H3,29,30,31,32,33,34). The Labute approximate surface area is 216 Å². The van der Waals surface area contributed by atoms with Gasteiger partial charge in [0.25, 0.3) is 5.91 Å². The Kier molecular flexibility index (Phi) is 11.7. The quantitative estimate of drug-likeness (QED) is 0.134. The molecule has 3 aromatic rings. The van der Waals surface area contributed by atoms with Gasteiger partial charge in [0.2, 0.25) is 17.8 Å². The monoisotopic (exact) mass is 507 g/mol. The van der Waals surface area contributed by atoms with Gasteiger partial charge in [0, 0.05) is 37.1 Å². The van der Waals surface area contributed by atoms with Crippen LogP contribution in [0.5, 0.6) is 0 Å². The first-order valence-corrected chi connectivity index (χ1v) is 11.9. The molecule has 0 saturated heterocycles. The van der Waals surface area contributed by atoms with E-state index < -0.39 is 0 Å². The van der Waals surface area contributed by atoms with E-state index in [1.165, 1.54) is 0 Å². The first-order valence-electron chi connectivity index (χ1n) is 11.9. The fraction of sp³-hybridized carbons (Fsp3) is 0.320. The molecule has 12 nitrogen and oxygen atoms in total. The second-order valence-electron chi connectivity index (χ2n) is 7.63. The van der Waals surface area contributed by atoms with Crippen LogP contribution < -0.4 is 27.0 Å². The number of aromatic nitrogens is 4. The molecular weight excluding hydrogens is 474 g/mol. The fourth-order valence-electron chi connectivity index (χ4n) is 3.04. The Morgan fingerprint density at radius 2 is 1.73 bits per heavy atom. The molecule has 1 amide bonds. The lowest BCUT2D eigenvalue weighted by atomic mass is 10.2. The van der Waals surface area contributed by atoms with Crippen molar-refractivity contribution in [2.24, 2.45) is 5.73 Å². The van der Waals surface area contributed by atoms with Crippen LogP contribution in [0.2, 0.25) is 0 Å². The molecule has 0 aliphatic heterocycles. The van der Waals surface area contributed by atoms with Crippen molar-refractivity contribution in [2.45, 2.75) is 6.54 Å². The van der Waals surface area contributed by atoms with Gasteiger partial charge in [0.1, 0.15) is 0 Å². The van der Waals surface area contributed by atoms with Gasteiger partial charge in [0.15, 0.2) is 0 Å². The second kappa shape index (κ2) is 15.8. The number of amides is 1. The number of carbonyl (C=O) groups excluding carboxylic acids is 1. The van der Waals surface area contributed by atoms with Crippen molar-refractivity contribution in [3.05, 3.63) is 72.6 Å². The van der Waals surface area contributed by atoms with E-state index in [0.717, 1.165) is 5.69 Å². The van der Waals surface area contributed by atoms with Gasteiger partial charge in [0.05, 0.1) is 38.7 Å². The number of nitrogens with one attached hydrogen (secondary N) is 4. The number of ether oxygens (including phenoxy) is 2. The number of nitrogens with two attached hydrogens (primary N) is 1. The Morgan fingerprint density at radius 1 is 0.946 bits per heavy atom. The van der Waals surface area contributed by atoms with E-state index in [2.05, 4.69) is 47.8 Å². The van der Waals surface area contributed by atoms with Crippen LogP contribution in [0.1, 0.15) is 16.1 Å². The van der Waals surface area contributed by atoms with Crippen LogP contribution in [0.25, 0.3) is 0 Å². The Bertz CT molecular complexity index is 1120. The van der Waals surface area contributed by atoms with Gasteiger partial charge in [-0.2, -0.15) is 15.0 Å². The predicted octanol–water partition coefficient (Wildman–Crippen LogP) is 1.94. The van der Waals surface area contributed by atoms with Gasteiger partial charge in [-0.15, -0.1) is 6.58 Å². The molecule has 1 aromatic carbocycles. The maximum absolute atomic E-state index is 12.6. The van der Waals surface area contributed by atoms with Crippen LogP contribution in [0.3, 0.4) is 0 Å². The summed E-state index contributed by atoms with van der Waals surface area (Å²) in [4.78, 5) is 30.1. The van der Waals surface area contributed by atoms with E-state index >= 15 is 0 Å². The van der Waals surface area contributed by atoms with Crippen molar-refractivity contribution in [1.82, 2.24) is 25.3 Å². The summed E-state index contributed by atoms with van der Waals surface area (Å²) in [6, 6.07) is 12.7. The molecule has 12 heteroatoms. The number of nitrogens with zero attached hydrogens (tertiary/aromatic N) is 4. The molecule has 0 aliphatic carbocycles. The highest BCUT2D eigenvalue weighted by Gasteiger charge is 2.10. The zero-order chi connectivity index (χ0) is 26.1. The second-order valence-corrected chi connectivity index (χ2v) is 7.63. The third kappa shape index (κ3) is 10.2. The molecular formula is C25H33N9O3. The summed E-state index contributed by atoms with van der Waals surface area (Å²) in [6.07, 6.45) is 3.44. The summed E-state index contributed by atoms with van der Waals surface area (Å²) in [6.45, 7) is 7.32. The molecule has 0 unspecified atom stereocenters. The van der Waals surface area contributed by atoms with Crippen LogP contribution in [0.4, 0.5) is 23.5 Å². The summed E-state index contributed by atoms with van der Waals surface area (Å²) in [5, 5.41) is 12.2. The van der Waals surface area contributed by atoms with Crippen molar-refractivity contribution in [3.63, 3.8) is 0 Å². The van der Waals surface area contributed by atoms with E-state index in [4.69, 9.17) is 15.2 Å². The minimum absolute atomic E-state index is 0.215. The van der Waals surface area contributed by atoms with E-state index in [0.29, 0.717) is 81.7 Å². The van der Waals surface area contributed by atoms with Crippen LogP contribution in [0.15, 0.2) is 61.3 Å². The van der Waals surface area contributed by atoms with E-state index in [1.807, 2.05) is 24.3 Å². The van der Waals surface area contributed by atoms with Crippen LogP contribution in [0, 0.1) is 0 Å². The molecule has 0 fully saturated rings. The normalized spacial score (nSPS) is 10.5. The van der Waals surface area contributed by atoms with Crippen LogP contribution in [-0.2, 0) is 16.0 Å². The fourth-order valence-corrected chi connectivity index (χ4v) is 3.04. The SMILES string of the molecule is C=CCNc1nc(NCc2ccccn2)nc(Nc2cccc(C(=O)NCCOCCOCCN)c2)n1. The molecule has 2 aromatic heterocycles. The van der Waals surface area contributed by atoms with Gasteiger partial charge in [-0.25, -0.2) is 0 Å². The number of benzene rings is 1. The topological polar surface area (TPSA) is 161 Å². The maximum Gasteiger partial charge on any atom is 0.251 e. The van der Waals surface area contributed by atoms with Crippen molar-refractivity contribution in [3.8, 4) is 0 Å². The number of hydrogen-bond acceptors (Lipinski definition) is 11. The molecule has 2 heterocycles. The highest BCUT2D eigenvalue weighted by Crippen LogP contribution is 2.17. The highest BCUT2D eigenvalue weighted by atomic mass is 16.5. The van der Waals surface area contributed by atoms with E-state index in [-0.39, 0.29) is 5.91 Å². The third-order valence-corrected chi connectivity index (χ3v) is 4.74. The summed E-state index contributed by atoms with van der Waals surface area (Å²) in [5.41, 5.74) is 7.35. The van der Waals surface area contributed by atoms with Crippen LogP contribution >= 0.6 is 0 Å². The Morgan fingerprint density at radius 3 is 2.49 bits per heavy atom. The van der Waals surface area contributed by atoms with Gasteiger partial charge in [-0.3, -0.25) is 9.78 Å². The van der Waals surface area contributed by atoms with E-state index in [9.17, 15) is 4.79 Å². The number of pyridine rings is 1. The Balaban J connectivity index is 1.58. The van der Waals surface area contributed by atoms with Gasteiger partial charge in [-0.05, 0) is 30.3 Å². The van der Waals surface area contributed by atoms with Gasteiger partial charge < -0.3 is 36.5 Å². The van der Waals surface area contributed by atoms with Crippen molar-refractivity contribution >= 4 is 29.4 Å². The van der Waals surface area contributed by atoms with Gasteiger partial charge >= 0.3 is 0 Å². The third-order valence-electron chi connectivity index (χ3n) is 4.74. The lowest BCUT2D eigenvalue weighted by Gasteiger charge is -2.12. The molecule has 0 radical (unpaired) electrons. The zero-order valence-electron chi connectivity index (χ0n) is 20.7. The summed E-state index contributed by atoms with van der Waals surface area (Å²) in [5.74, 6) is 0.849. The average Bonchev–Trinajstić information content (AvgIpc) is 2.93. The molecule has 0 spiro atoms. The molecule has 0 saturated carbocycles. The predicted molar refractivity (Wildman–Crippen MR) is 143 cm³/mol. The lowest BCUT2D eigenvalue weighted by molar-refractivity contribution is 0.0511. The number of carbonyl (C=O) groups is 1. The largest absolute Gasteiger partial charge is 0.378 e. The van der Waals surface area contributed by atoms with Crippen molar-refractivity contribution in [2.75, 3.05) is 62.0 Å². The molecule has 6 N–H and O–H groups in total. The maximum atomic E-state index is 12.6. The first kappa shape index (κ1) is 27.5. The smallest absolute Gasteiger partial charge is 0.251 e. The molecule has 0 aliphatic rings. The molecule has 196 valence electrons. The highest BCUT2D eigenvalue weighted by molar-refractivity contribution is 5.95. The summed E-state index contributed by atoms with van der Waals surface area (Å²) >= 11 is 0. The number of rotatable bonds is 17. The molecule has 37 heavy (non-hydrogen) atoms. The minimum atomic E-state index is -0.215. The summed E-state index contributed by atoms with van der Waals surface area (Å²) in [7, 11) is 0. The molecule has 0 atom stereocenters. The molecule has 3 rings (SSSR count). The lowest BCUT2D eigenvalue weighted by Crippen LogP contribution is -2.27. The Hall–Kier alpha value is -4.13. The van der Waals surface area contributed by atoms with E-state index in [1.54, 1.807) is 30.5 Å². The zero-order valence-corrected chi connectivity index (χ0v) is 20.7. The average molecular weight is 508 g/mol. The van der Waals surface area contributed by atoms with Gasteiger partial charge in [-0.1, -0.05) is 18.2 Å². The number of anilines is 4.